The fraction of sp³-hybridized carbons (Fsp3) is 0.700. The third-order valence-corrected chi connectivity index (χ3v) is 3.76. The summed E-state index contributed by atoms with van der Waals surface area (Å²) in [6.07, 6.45) is 2.33. The van der Waals surface area contributed by atoms with Gasteiger partial charge in [0.05, 0.1) is 11.7 Å². The van der Waals surface area contributed by atoms with Crippen LogP contribution in [0.2, 0.25) is 19.6 Å². The summed E-state index contributed by atoms with van der Waals surface area (Å²) in [6, 6.07) is 0. The Kier molecular flexibility index (Phi) is 2.02. The highest BCUT2D eigenvalue weighted by molar-refractivity contribution is 6.70. The molecule has 15 heavy (non-hydrogen) atoms. The zero-order valence-electron chi connectivity index (χ0n) is 9.08. The molecule has 0 spiro atoms. The zero-order chi connectivity index (χ0) is 11.4. The van der Waals surface area contributed by atoms with Gasteiger partial charge in [-0.05, 0) is 32.1 Å². The van der Waals surface area contributed by atoms with Crippen LogP contribution in [0, 0.1) is 11.8 Å². The summed E-state index contributed by atoms with van der Waals surface area (Å²) in [7, 11) is -1.76. The maximum Gasteiger partial charge on any atom is 0.342 e. The molecule has 0 bridgehead atoms. The lowest BCUT2D eigenvalue weighted by Crippen LogP contribution is -2.28. The Morgan fingerprint density at radius 1 is 1.67 bits per heavy atom. The molecule has 1 fully saturated rings. The molecule has 0 aliphatic heterocycles. The monoisotopic (exact) mass is 230 g/mol. The molecule has 2 aliphatic rings. The first-order valence-electron chi connectivity index (χ1n) is 5.08. The van der Waals surface area contributed by atoms with E-state index in [9.17, 15) is 9.18 Å². The summed E-state index contributed by atoms with van der Waals surface area (Å²) in [5.41, 5.74) is -2.05. The molecule has 2 aliphatic carbocycles. The minimum atomic E-state index is -2.05. The Balaban J connectivity index is 2.11. The Labute approximate surface area is 89.1 Å². The van der Waals surface area contributed by atoms with E-state index in [2.05, 4.69) is 0 Å². The summed E-state index contributed by atoms with van der Waals surface area (Å²) in [4.78, 5) is 10.8. The average molecular weight is 230 g/mol. The van der Waals surface area contributed by atoms with Crippen molar-refractivity contribution in [1.82, 2.24) is 0 Å². The van der Waals surface area contributed by atoms with Gasteiger partial charge in [-0.3, -0.25) is 0 Å². The molecule has 0 aromatic heterocycles. The minimum absolute atomic E-state index is 0.388. The molecular formula is C10H15FO3Si. The number of aliphatic carboxylic acids is 1. The van der Waals surface area contributed by atoms with Gasteiger partial charge in [-0.15, -0.1) is 0 Å². The molecule has 1 N–H and O–H groups in total. The lowest BCUT2D eigenvalue weighted by Gasteiger charge is -2.21. The zero-order valence-corrected chi connectivity index (χ0v) is 10.1. The normalized spacial score (nSPS) is 38.3. The van der Waals surface area contributed by atoms with Crippen LogP contribution < -0.4 is 0 Å². The summed E-state index contributed by atoms with van der Waals surface area (Å²) >= 11 is 0. The van der Waals surface area contributed by atoms with Crippen LogP contribution in [0.3, 0.4) is 0 Å². The van der Waals surface area contributed by atoms with Gasteiger partial charge in [0.15, 0.2) is 0 Å². The van der Waals surface area contributed by atoms with Gasteiger partial charge in [0.2, 0.25) is 14.0 Å². The molecule has 84 valence electrons. The number of carboxylic acids is 1. The van der Waals surface area contributed by atoms with Crippen LogP contribution in [0.5, 0.6) is 0 Å². The van der Waals surface area contributed by atoms with Crippen LogP contribution >= 0.6 is 0 Å². The average Bonchev–Trinajstić information content (AvgIpc) is 2.45. The number of carboxylic acid groups (broad SMARTS) is 1. The van der Waals surface area contributed by atoms with E-state index in [0.717, 1.165) is 0 Å². The maximum absolute atomic E-state index is 13.9. The van der Waals surface area contributed by atoms with Crippen molar-refractivity contribution in [3.8, 4) is 0 Å². The second-order valence-corrected chi connectivity index (χ2v) is 9.64. The van der Waals surface area contributed by atoms with Gasteiger partial charge >= 0.3 is 5.97 Å². The molecule has 0 amide bonds. The smallest absolute Gasteiger partial charge is 0.342 e. The molecule has 1 saturated carbocycles. The number of halogens is 1. The van der Waals surface area contributed by atoms with Crippen molar-refractivity contribution in [2.75, 3.05) is 0 Å². The SMILES string of the molecule is C[Si](C)(C)OC1=CC[C@@H]2[C@H]1[C@@]2(F)C(=O)O. The van der Waals surface area contributed by atoms with Crippen molar-refractivity contribution in [2.45, 2.75) is 31.7 Å². The molecule has 5 heteroatoms. The van der Waals surface area contributed by atoms with Crippen LogP contribution in [-0.4, -0.2) is 25.1 Å². The number of carbonyl (C=O) groups is 1. The predicted octanol–water partition coefficient (Wildman–Crippen LogP) is 2.16. The van der Waals surface area contributed by atoms with E-state index in [-0.39, 0.29) is 5.92 Å². The van der Waals surface area contributed by atoms with Gasteiger partial charge < -0.3 is 9.53 Å². The van der Waals surface area contributed by atoms with Crippen molar-refractivity contribution in [3.05, 3.63) is 11.8 Å². The molecule has 3 nitrogen and oxygen atoms in total. The minimum Gasteiger partial charge on any atom is -0.547 e. The molecule has 0 unspecified atom stereocenters. The Bertz CT molecular complexity index is 347. The molecule has 0 radical (unpaired) electrons. The predicted molar refractivity (Wildman–Crippen MR) is 55.6 cm³/mol. The fourth-order valence-corrected chi connectivity index (χ4v) is 3.18. The number of allylic oxidation sites excluding steroid dienone is 2. The van der Waals surface area contributed by atoms with Crippen molar-refractivity contribution in [3.63, 3.8) is 0 Å². The second-order valence-electron chi connectivity index (χ2n) is 5.21. The van der Waals surface area contributed by atoms with Crippen LogP contribution in [-0.2, 0) is 9.22 Å². The van der Waals surface area contributed by atoms with E-state index in [1.807, 2.05) is 25.7 Å². The van der Waals surface area contributed by atoms with Crippen LogP contribution in [0.15, 0.2) is 11.8 Å². The number of alkyl halides is 1. The summed E-state index contributed by atoms with van der Waals surface area (Å²) in [5.74, 6) is -1.69. The van der Waals surface area contributed by atoms with Crippen molar-refractivity contribution in [1.29, 1.82) is 0 Å². The summed E-state index contributed by atoms with van der Waals surface area (Å²) in [5, 5.41) is 8.79. The van der Waals surface area contributed by atoms with Gasteiger partial charge in [0.25, 0.3) is 0 Å². The third-order valence-electron chi connectivity index (χ3n) is 2.92. The van der Waals surface area contributed by atoms with E-state index in [0.29, 0.717) is 12.2 Å². The highest BCUT2D eigenvalue weighted by Gasteiger charge is 2.75. The fourth-order valence-electron chi connectivity index (χ4n) is 2.26. The van der Waals surface area contributed by atoms with E-state index >= 15 is 0 Å². The maximum atomic E-state index is 13.9. The Hall–Kier alpha value is -0.843. The third kappa shape index (κ3) is 1.49. The number of hydrogen-bond acceptors (Lipinski definition) is 2. The summed E-state index contributed by atoms with van der Waals surface area (Å²) < 4.78 is 19.5. The van der Waals surface area contributed by atoms with Crippen LogP contribution in [0.1, 0.15) is 6.42 Å². The first-order chi connectivity index (χ1) is 6.77. The van der Waals surface area contributed by atoms with Gasteiger partial charge in [0, 0.05) is 5.92 Å². The molecular weight excluding hydrogens is 215 g/mol. The van der Waals surface area contributed by atoms with Crippen molar-refractivity contribution in [2.24, 2.45) is 11.8 Å². The van der Waals surface area contributed by atoms with Crippen LogP contribution in [0.25, 0.3) is 0 Å². The number of fused-ring (bicyclic) bond motifs is 1. The van der Waals surface area contributed by atoms with E-state index < -0.39 is 25.9 Å². The van der Waals surface area contributed by atoms with Crippen molar-refractivity contribution >= 4 is 14.3 Å². The lowest BCUT2D eigenvalue weighted by molar-refractivity contribution is -0.146. The quantitative estimate of drug-likeness (QED) is 0.756. The van der Waals surface area contributed by atoms with Crippen molar-refractivity contribution < 1.29 is 18.7 Å². The highest BCUT2D eigenvalue weighted by Crippen LogP contribution is 2.63. The van der Waals surface area contributed by atoms with Gasteiger partial charge in [-0.1, -0.05) is 0 Å². The number of rotatable bonds is 3. The van der Waals surface area contributed by atoms with Crippen LogP contribution in [0.4, 0.5) is 4.39 Å². The molecule has 0 heterocycles. The van der Waals surface area contributed by atoms with E-state index in [1.54, 1.807) is 0 Å². The van der Waals surface area contributed by atoms with E-state index in [1.165, 1.54) is 0 Å². The first-order valence-corrected chi connectivity index (χ1v) is 8.49. The Morgan fingerprint density at radius 3 is 2.67 bits per heavy atom. The standard InChI is InChI=1S/C10H15FO3Si/c1-15(2,3)14-7-5-4-6-8(7)10(6,11)9(12)13/h5-6,8H,4H2,1-3H3,(H,12,13)/t6-,8-,10-/m1/s1. The first kappa shape index (κ1) is 10.7. The molecule has 2 rings (SSSR count). The molecule has 0 aromatic rings. The molecule has 0 aromatic carbocycles. The topological polar surface area (TPSA) is 46.5 Å². The number of hydrogen-bond donors (Lipinski definition) is 1. The largest absolute Gasteiger partial charge is 0.547 e. The van der Waals surface area contributed by atoms with E-state index in [4.69, 9.17) is 9.53 Å². The van der Waals surface area contributed by atoms with Gasteiger partial charge in [-0.2, -0.15) is 0 Å². The molecule has 0 saturated heterocycles. The summed E-state index contributed by atoms with van der Waals surface area (Å²) in [6.45, 7) is 6.01. The highest BCUT2D eigenvalue weighted by atomic mass is 28.4. The van der Waals surface area contributed by atoms with Gasteiger partial charge in [0.1, 0.15) is 0 Å². The molecule has 3 atom stereocenters. The van der Waals surface area contributed by atoms with Gasteiger partial charge in [-0.25, -0.2) is 9.18 Å². The Morgan fingerprint density at radius 2 is 2.27 bits per heavy atom. The lowest BCUT2D eigenvalue weighted by atomic mass is 10.2. The second kappa shape index (κ2) is 2.84.